The van der Waals surface area contributed by atoms with Crippen LogP contribution in [0.2, 0.25) is 0 Å². The van der Waals surface area contributed by atoms with Crippen molar-refractivity contribution in [3.8, 4) is 0 Å². The second-order valence-electron chi connectivity index (χ2n) is 6.81. The van der Waals surface area contributed by atoms with Crippen molar-refractivity contribution in [3.63, 3.8) is 0 Å². The molecule has 1 fully saturated rings. The highest BCUT2D eigenvalue weighted by Crippen LogP contribution is 2.37. The second-order valence-corrected chi connectivity index (χ2v) is 6.81. The summed E-state index contributed by atoms with van der Waals surface area (Å²) in [6.07, 6.45) is 3.21. The third-order valence-electron chi connectivity index (χ3n) is 4.83. The molecule has 0 spiro atoms. The van der Waals surface area contributed by atoms with Gasteiger partial charge < -0.3 is 16.4 Å². The first-order valence-electron chi connectivity index (χ1n) is 9.13. The van der Waals surface area contributed by atoms with Crippen molar-refractivity contribution in [2.45, 2.75) is 32.0 Å². The molecule has 2 heterocycles. The van der Waals surface area contributed by atoms with Gasteiger partial charge in [0, 0.05) is 38.4 Å². The molecule has 0 aromatic carbocycles. The largest absolute Gasteiger partial charge is 0.421 e. The van der Waals surface area contributed by atoms with E-state index in [1.807, 2.05) is 16.9 Å². The molecule has 29 heavy (non-hydrogen) atoms. The lowest BCUT2D eigenvalue weighted by atomic mass is 9.80. The van der Waals surface area contributed by atoms with Gasteiger partial charge in [0.25, 0.3) is 0 Å². The van der Waals surface area contributed by atoms with Gasteiger partial charge in [0.15, 0.2) is 0 Å². The number of aromatic nitrogens is 4. The van der Waals surface area contributed by atoms with Crippen LogP contribution in [0, 0.1) is 5.92 Å². The first-order valence-corrected chi connectivity index (χ1v) is 9.13. The zero-order chi connectivity index (χ0) is 21.0. The summed E-state index contributed by atoms with van der Waals surface area (Å²) in [6, 6.07) is 2.32. The molecule has 3 rings (SSSR count). The van der Waals surface area contributed by atoms with E-state index >= 15 is 0 Å². The van der Waals surface area contributed by atoms with E-state index in [2.05, 4.69) is 30.7 Å². The summed E-state index contributed by atoms with van der Waals surface area (Å²) in [4.78, 5) is 12.2. The minimum atomic E-state index is -4.54. The van der Waals surface area contributed by atoms with Crippen LogP contribution in [0.1, 0.15) is 31.4 Å². The van der Waals surface area contributed by atoms with Crippen molar-refractivity contribution in [3.05, 3.63) is 42.1 Å². The number of nitrogens with zero attached hydrogens (tertiary/aromatic N) is 5. The van der Waals surface area contributed by atoms with Gasteiger partial charge in [-0.2, -0.15) is 23.3 Å². The Bertz CT molecular complexity index is 883. The first-order chi connectivity index (χ1) is 13.8. The summed E-state index contributed by atoms with van der Waals surface area (Å²) >= 11 is 0. The van der Waals surface area contributed by atoms with E-state index in [0.717, 1.165) is 19.0 Å². The van der Waals surface area contributed by atoms with E-state index in [1.165, 1.54) is 13.2 Å². The van der Waals surface area contributed by atoms with Crippen LogP contribution < -0.4 is 16.4 Å². The van der Waals surface area contributed by atoms with E-state index in [9.17, 15) is 13.2 Å². The molecule has 0 saturated heterocycles. The molecule has 8 nitrogen and oxygen atoms in total. The van der Waals surface area contributed by atoms with Gasteiger partial charge in [-0.3, -0.25) is 9.67 Å². The molecular weight excluding hydrogens is 385 g/mol. The van der Waals surface area contributed by atoms with E-state index < -0.39 is 11.7 Å². The number of hydrogen-bond donors (Lipinski definition) is 3. The van der Waals surface area contributed by atoms with Crippen LogP contribution in [0.25, 0.3) is 0 Å². The molecule has 2 aromatic rings. The quantitative estimate of drug-likeness (QED) is 0.608. The van der Waals surface area contributed by atoms with Crippen LogP contribution in [0.3, 0.4) is 0 Å². The summed E-state index contributed by atoms with van der Waals surface area (Å²) < 4.78 is 40.8. The maximum absolute atomic E-state index is 13.0. The standard InChI is InChI=1S/C18H23F3N8/c1-11(24-9-12-6-13(7-12)29-5-3-4-26-29)15(8-22)27-17-25-10-14(18(19,20)21)16(23-2)28-17/h3-5,8,10,12-13H,6-7,9,22H2,1-2H3,(H2,23,25,27,28)/b15-8+,24-11-/t12-,13+. The van der Waals surface area contributed by atoms with Crippen molar-refractivity contribution in [2.75, 3.05) is 24.2 Å². The van der Waals surface area contributed by atoms with Crippen LogP contribution in [0.15, 0.2) is 41.5 Å². The normalized spacial score (nSPS) is 20.3. The first kappa shape index (κ1) is 20.6. The lowest BCUT2D eigenvalue weighted by molar-refractivity contribution is -0.137. The Labute approximate surface area is 166 Å². The van der Waals surface area contributed by atoms with Crippen molar-refractivity contribution in [1.82, 2.24) is 19.7 Å². The Morgan fingerprint density at radius 2 is 2.17 bits per heavy atom. The molecule has 0 amide bonds. The number of halogens is 3. The number of hydrogen-bond acceptors (Lipinski definition) is 7. The van der Waals surface area contributed by atoms with Crippen molar-refractivity contribution in [2.24, 2.45) is 16.6 Å². The lowest BCUT2D eigenvalue weighted by Crippen LogP contribution is -2.29. The number of rotatable bonds is 7. The van der Waals surface area contributed by atoms with Gasteiger partial charge in [-0.15, -0.1) is 0 Å². The number of aliphatic imine (C=N–C) groups is 1. The van der Waals surface area contributed by atoms with Gasteiger partial charge in [0.05, 0.1) is 17.5 Å². The summed E-state index contributed by atoms with van der Waals surface area (Å²) in [5.74, 6) is 0.132. The molecule has 4 N–H and O–H groups in total. The summed E-state index contributed by atoms with van der Waals surface area (Å²) in [6.45, 7) is 2.41. The molecule has 11 heteroatoms. The van der Waals surface area contributed by atoms with Crippen LogP contribution in [-0.2, 0) is 6.18 Å². The van der Waals surface area contributed by atoms with Crippen LogP contribution in [0.4, 0.5) is 24.9 Å². The Balaban J connectivity index is 1.60. The fourth-order valence-electron chi connectivity index (χ4n) is 3.13. The van der Waals surface area contributed by atoms with E-state index in [0.29, 0.717) is 29.9 Å². The molecule has 2 aromatic heterocycles. The van der Waals surface area contributed by atoms with Gasteiger partial charge in [0.1, 0.15) is 11.4 Å². The number of allylic oxidation sites excluding steroid dienone is 1. The third-order valence-corrected chi connectivity index (χ3v) is 4.83. The molecule has 0 atom stereocenters. The summed E-state index contributed by atoms with van der Waals surface area (Å²) in [7, 11) is 1.36. The molecule has 0 bridgehead atoms. The molecule has 0 radical (unpaired) electrons. The average Bonchev–Trinajstić information content (AvgIpc) is 3.17. The third kappa shape index (κ3) is 4.84. The molecule has 0 aliphatic heterocycles. The van der Waals surface area contributed by atoms with E-state index in [-0.39, 0.29) is 11.8 Å². The maximum Gasteiger partial charge on any atom is 0.421 e. The van der Waals surface area contributed by atoms with Crippen LogP contribution in [-0.4, -0.2) is 39.1 Å². The second kappa shape index (κ2) is 8.50. The van der Waals surface area contributed by atoms with Crippen LogP contribution >= 0.6 is 0 Å². The topological polar surface area (TPSA) is 106 Å². The van der Waals surface area contributed by atoms with Gasteiger partial charge in [0.2, 0.25) is 5.95 Å². The number of alkyl halides is 3. The number of nitrogens with two attached hydrogens (primary N) is 1. The van der Waals surface area contributed by atoms with Crippen molar-refractivity contribution >= 4 is 17.5 Å². The zero-order valence-electron chi connectivity index (χ0n) is 16.1. The fourth-order valence-corrected chi connectivity index (χ4v) is 3.13. The van der Waals surface area contributed by atoms with Crippen LogP contribution in [0.5, 0.6) is 0 Å². The highest BCUT2D eigenvalue weighted by molar-refractivity contribution is 6.00. The monoisotopic (exact) mass is 408 g/mol. The summed E-state index contributed by atoms with van der Waals surface area (Å²) in [5, 5.41) is 9.52. The van der Waals surface area contributed by atoms with Gasteiger partial charge >= 0.3 is 6.18 Å². The highest BCUT2D eigenvalue weighted by atomic mass is 19.4. The summed E-state index contributed by atoms with van der Waals surface area (Å²) in [5.41, 5.74) is 5.79. The predicted octanol–water partition coefficient (Wildman–Crippen LogP) is 3.06. The molecular formula is C18H23F3N8. The Morgan fingerprint density at radius 3 is 2.76 bits per heavy atom. The van der Waals surface area contributed by atoms with Gasteiger partial charge in [-0.05, 0) is 31.7 Å². The predicted molar refractivity (Wildman–Crippen MR) is 104 cm³/mol. The molecule has 156 valence electrons. The zero-order valence-corrected chi connectivity index (χ0v) is 16.1. The highest BCUT2D eigenvalue weighted by Gasteiger charge is 2.35. The Morgan fingerprint density at radius 1 is 1.41 bits per heavy atom. The van der Waals surface area contributed by atoms with E-state index in [1.54, 1.807) is 13.1 Å². The van der Waals surface area contributed by atoms with Crippen molar-refractivity contribution in [1.29, 1.82) is 0 Å². The molecule has 0 unspecified atom stereocenters. The SMILES string of the molecule is CNc1nc(NC(=C/N)/C(C)=N\C[C@H]2C[C@@H](n3cccn3)C2)ncc1C(F)(F)F. The Kier molecular flexibility index (Phi) is 6.04. The molecule has 1 aliphatic rings. The van der Waals surface area contributed by atoms with Crippen molar-refractivity contribution < 1.29 is 13.2 Å². The van der Waals surface area contributed by atoms with Gasteiger partial charge in [-0.1, -0.05) is 0 Å². The minimum absolute atomic E-state index is 0.00371. The maximum atomic E-state index is 13.0. The lowest BCUT2D eigenvalue weighted by Gasteiger charge is -2.34. The smallest absolute Gasteiger partial charge is 0.403 e. The average molecular weight is 408 g/mol. The number of nitrogens with one attached hydrogen (secondary N) is 2. The minimum Gasteiger partial charge on any atom is -0.403 e. The molecule has 1 aliphatic carbocycles. The fraction of sp³-hybridized carbons (Fsp3) is 0.444. The van der Waals surface area contributed by atoms with Gasteiger partial charge in [-0.25, -0.2) is 4.98 Å². The Hall–Kier alpha value is -3.11. The number of anilines is 2. The molecule has 1 saturated carbocycles. The van der Waals surface area contributed by atoms with E-state index in [4.69, 9.17) is 5.73 Å².